The highest BCUT2D eigenvalue weighted by Crippen LogP contribution is 2.38. The summed E-state index contributed by atoms with van der Waals surface area (Å²) >= 11 is 0. The molecule has 17 heavy (non-hydrogen) atoms. The molecule has 1 saturated heterocycles. The Morgan fingerprint density at radius 3 is 2.24 bits per heavy atom. The minimum Gasteiger partial charge on any atom is -0.493 e. The molecule has 0 spiro atoms. The van der Waals surface area contributed by atoms with Gasteiger partial charge in [0.05, 0.1) is 32.8 Å². The van der Waals surface area contributed by atoms with Gasteiger partial charge < -0.3 is 19.0 Å². The fourth-order valence-electron chi connectivity index (χ4n) is 2.13. The van der Waals surface area contributed by atoms with Gasteiger partial charge in [-0.3, -0.25) is 0 Å². The van der Waals surface area contributed by atoms with E-state index < -0.39 is 5.41 Å². The van der Waals surface area contributed by atoms with Gasteiger partial charge in [-0.2, -0.15) is 0 Å². The highest BCUT2D eigenvalue weighted by molar-refractivity contribution is 5.72. The molecule has 0 aromatic heterocycles. The fourth-order valence-corrected chi connectivity index (χ4v) is 2.13. The van der Waals surface area contributed by atoms with Crippen molar-refractivity contribution in [2.24, 2.45) is 0 Å². The van der Waals surface area contributed by atoms with Crippen LogP contribution in [0.1, 0.15) is 11.1 Å². The van der Waals surface area contributed by atoms with Crippen LogP contribution in [-0.4, -0.2) is 33.7 Å². The number of rotatable bonds is 4. The Balaban J connectivity index is 2.51. The minimum atomic E-state index is -0.510. The Labute approximate surface area is 100 Å². The highest BCUT2D eigenvalue weighted by Gasteiger charge is 2.41. The molecule has 4 heteroatoms. The second kappa shape index (κ2) is 4.37. The first-order chi connectivity index (χ1) is 8.16. The minimum absolute atomic E-state index is 0.437. The summed E-state index contributed by atoms with van der Waals surface area (Å²) in [5.74, 6) is 1.32. The first kappa shape index (κ1) is 11.9. The number of ether oxygens (including phenoxy) is 3. The third kappa shape index (κ3) is 1.78. The zero-order valence-corrected chi connectivity index (χ0v) is 10.3. The lowest BCUT2D eigenvalue weighted by Gasteiger charge is -2.38. The van der Waals surface area contributed by atoms with Crippen molar-refractivity contribution < 1.29 is 19.0 Å². The largest absolute Gasteiger partial charge is 0.493 e. The molecule has 2 rings (SSSR count). The van der Waals surface area contributed by atoms with Gasteiger partial charge in [-0.25, -0.2) is 0 Å². The van der Waals surface area contributed by atoms with Crippen LogP contribution in [0, 0.1) is 6.92 Å². The monoisotopic (exact) mass is 236 g/mol. The summed E-state index contributed by atoms with van der Waals surface area (Å²) in [6, 6.07) is 3.75. The summed E-state index contributed by atoms with van der Waals surface area (Å²) in [4.78, 5) is 11.3. The van der Waals surface area contributed by atoms with Gasteiger partial charge >= 0.3 is 0 Å². The fraction of sp³-hybridized carbons (Fsp3) is 0.462. The average Bonchev–Trinajstić information content (AvgIpc) is 2.29. The van der Waals surface area contributed by atoms with Crippen LogP contribution in [-0.2, 0) is 14.9 Å². The normalized spacial score (nSPS) is 17.1. The molecule has 1 fully saturated rings. The lowest BCUT2D eigenvalue weighted by Crippen LogP contribution is -2.48. The maximum atomic E-state index is 11.3. The van der Waals surface area contributed by atoms with E-state index in [1.54, 1.807) is 14.2 Å². The molecule has 1 aliphatic heterocycles. The number of carbonyl (C=O) groups excluding carboxylic acids is 1. The number of carbonyl (C=O) groups is 1. The lowest BCUT2D eigenvalue weighted by atomic mass is 9.78. The first-order valence-electron chi connectivity index (χ1n) is 5.44. The molecular weight excluding hydrogens is 220 g/mol. The predicted molar refractivity (Wildman–Crippen MR) is 62.8 cm³/mol. The lowest BCUT2D eigenvalue weighted by molar-refractivity contribution is -0.129. The van der Waals surface area contributed by atoms with Gasteiger partial charge in [0.15, 0.2) is 11.5 Å². The Morgan fingerprint density at radius 1 is 1.24 bits per heavy atom. The van der Waals surface area contributed by atoms with Gasteiger partial charge in [0.1, 0.15) is 6.29 Å². The molecule has 0 aliphatic carbocycles. The quantitative estimate of drug-likeness (QED) is 0.743. The van der Waals surface area contributed by atoms with E-state index >= 15 is 0 Å². The van der Waals surface area contributed by atoms with Crippen LogP contribution >= 0.6 is 0 Å². The molecule has 4 nitrogen and oxygen atoms in total. The third-order valence-electron chi connectivity index (χ3n) is 3.21. The molecule has 0 saturated carbocycles. The number of hydrogen-bond donors (Lipinski definition) is 0. The van der Waals surface area contributed by atoms with Crippen LogP contribution in [0.5, 0.6) is 11.5 Å². The second-order valence-corrected chi connectivity index (χ2v) is 4.29. The van der Waals surface area contributed by atoms with Crippen molar-refractivity contribution in [3.63, 3.8) is 0 Å². The van der Waals surface area contributed by atoms with Crippen LogP contribution in [0.4, 0.5) is 0 Å². The topological polar surface area (TPSA) is 44.8 Å². The van der Waals surface area contributed by atoms with Crippen molar-refractivity contribution in [1.82, 2.24) is 0 Å². The number of benzene rings is 1. The van der Waals surface area contributed by atoms with Crippen LogP contribution in [0.3, 0.4) is 0 Å². The molecule has 0 N–H and O–H groups in total. The summed E-state index contributed by atoms with van der Waals surface area (Å²) in [5, 5.41) is 0. The highest BCUT2D eigenvalue weighted by atomic mass is 16.5. The van der Waals surface area contributed by atoms with Crippen LogP contribution < -0.4 is 9.47 Å². The zero-order valence-electron chi connectivity index (χ0n) is 10.3. The molecular formula is C13H16O4. The molecule has 1 aliphatic rings. The van der Waals surface area contributed by atoms with Crippen LogP contribution in [0.15, 0.2) is 12.1 Å². The summed E-state index contributed by atoms with van der Waals surface area (Å²) in [6.07, 6.45) is 0.963. The van der Waals surface area contributed by atoms with Crippen molar-refractivity contribution in [3.8, 4) is 11.5 Å². The molecule has 0 atom stereocenters. The average molecular weight is 236 g/mol. The number of aryl methyl sites for hydroxylation is 1. The third-order valence-corrected chi connectivity index (χ3v) is 3.21. The standard InChI is InChI=1S/C13H16O4/c1-9-4-11(15-2)12(16-3)5-10(9)13(6-14)7-17-8-13/h4-6H,7-8H2,1-3H3. The van der Waals surface area contributed by atoms with Crippen molar-refractivity contribution in [1.29, 1.82) is 0 Å². The summed E-state index contributed by atoms with van der Waals surface area (Å²) in [6.45, 7) is 2.83. The molecule has 0 bridgehead atoms. The Kier molecular flexibility index (Phi) is 3.07. The van der Waals surface area contributed by atoms with Gasteiger partial charge in [-0.1, -0.05) is 0 Å². The Morgan fingerprint density at radius 2 is 1.82 bits per heavy atom. The zero-order chi connectivity index (χ0) is 12.5. The van der Waals surface area contributed by atoms with Crippen LogP contribution in [0.2, 0.25) is 0 Å². The Hall–Kier alpha value is -1.55. The molecule has 0 amide bonds. The number of aldehydes is 1. The maximum absolute atomic E-state index is 11.3. The molecule has 1 heterocycles. The van der Waals surface area contributed by atoms with Crippen molar-refractivity contribution in [2.45, 2.75) is 12.3 Å². The molecule has 92 valence electrons. The maximum Gasteiger partial charge on any atom is 0.161 e. The van der Waals surface area contributed by atoms with E-state index in [2.05, 4.69) is 0 Å². The summed E-state index contributed by atoms with van der Waals surface area (Å²) in [5.41, 5.74) is 1.46. The molecule has 0 unspecified atom stereocenters. The molecule has 0 radical (unpaired) electrons. The van der Waals surface area contributed by atoms with Crippen LogP contribution in [0.25, 0.3) is 0 Å². The van der Waals surface area contributed by atoms with E-state index in [0.29, 0.717) is 24.7 Å². The van der Waals surface area contributed by atoms with E-state index in [4.69, 9.17) is 14.2 Å². The summed E-state index contributed by atoms with van der Waals surface area (Å²) in [7, 11) is 3.18. The summed E-state index contributed by atoms with van der Waals surface area (Å²) < 4.78 is 15.6. The molecule has 1 aromatic rings. The van der Waals surface area contributed by atoms with E-state index in [1.807, 2.05) is 19.1 Å². The van der Waals surface area contributed by atoms with Gasteiger partial charge in [0.2, 0.25) is 0 Å². The van der Waals surface area contributed by atoms with Gasteiger partial charge in [0.25, 0.3) is 0 Å². The van der Waals surface area contributed by atoms with Crippen molar-refractivity contribution >= 4 is 6.29 Å². The van der Waals surface area contributed by atoms with Gasteiger partial charge in [-0.15, -0.1) is 0 Å². The van der Waals surface area contributed by atoms with E-state index in [1.165, 1.54) is 0 Å². The van der Waals surface area contributed by atoms with E-state index in [-0.39, 0.29) is 0 Å². The van der Waals surface area contributed by atoms with E-state index in [9.17, 15) is 4.79 Å². The smallest absolute Gasteiger partial charge is 0.161 e. The predicted octanol–water partition coefficient (Wildman–Crippen LogP) is 1.48. The number of hydrogen-bond acceptors (Lipinski definition) is 4. The number of methoxy groups -OCH3 is 2. The first-order valence-corrected chi connectivity index (χ1v) is 5.44. The van der Waals surface area contributed by atoms with Crippen molar-refractivity contribution in [3.05, 3.63) is 23.3 Å². The molecule has 1 aromatic carbocycles. The SMILES string of the molecule is COc1cc(C)c(C2(C=O)COC2)cc1OC. The van der Waals surface area contributed by atoms with Crippen molar-refractivity contribution in [2.75, 3.05) is 27.4 Å². The van der Waals surface area contributed by atoms with Gasteiger partial charge in [0, 0.05) is 0 Å². The Bertz CT molecular complexity index is 435. The second-order valence-electron chi connectivity index (χ2n) is 4.29. The van der Waals surface area contributed by atoms with E-state index in [0.717, 1.165) is 17.4 Å². The van der Waals surface area contributed by atoms with Gasteiger partial charge in [-0.05, 0) is 30.2 Å².